The first-order chi connectivity index (χ1) is 13.5. The molecule has 28 heavy (non-hydrogen) atoms. The molecule has 3 heterocycles. The highest BCUT2D eigenvalue weighted by atomic mass is 16.6. The molecule has 1 aromatic carbocycles. The van der Waals surface area contributed by atoms with Crippen molar-refractivity contribution in [1.82, 2.24) is 10.6 Å². The van der Waals surface area contributed by atoms with Gasteiger partial charge in [-0.1, -0.05) is 6.07 Å². The Morgan fingerprint density at radius 3 is 2.68 bits per heavy atom. The Morgan fingerprint density at radius 2 is 1.93 bits per heavy atom. The van der Waals surface area contributed by atoms with Crippen molar-refractivity contribution in [2.45, 2.75) is 44.7 Å². The highest BCUT2D eigenvalue weighted by Crippen LogP contribution is 2.37. The van der Waals surface area contributed by atoms with E-state index in [-0.39, 0.29) is 19.4 Å². The van der Waals surface area contributed by atoms with Gasteiger partial charge in [-0.05, 0) is 50.4 Å². The molecule has 150 valence electrons. The van der Waals surface area contributed by atoms with Gasteiger partial charge < -0.3 is 15.8 Å². The normalized spacial score (nSPS) is 28.2. The summed E-state index contributed by atoms with van der Waals surface area (Å²) in [5.41, 5.74) is 1.85. The van der Waals surface area contributed by atoms with Gasteiger partial charge in [0.15, 0.2) is 6.04 Å². The number of hydrogen-bond donors (Lipinski definition) is 3. The van der Waals surface area contributed by atoms with Crippen LogP contribution in [0.1, 0.15) is 48.0 Å². The minimum atomic E-state index is -1.23. The number of quaternary nitrogens is 1. The Kier molecular flexibility index (Phi) is 5.18. The van der Waals surface area contributed by atoms with Crippen LogP contribution in [0.4, 0.5) is 5.69 Å². The maximum absolute atomic E-state index is 13.4. The zero-order chi connectivity index (χ0) is 19.7. The average molecular weight is 386 g/mol. The first kappa shape index (κ1) is 19.0. The molecule has 0 aliphatic carbocycles. The number of amides is 3. The van der Waals surface area contributed by atoms with Crippen molar-refractivity contribution in [3.63, 3.8) is 0 Å². The maximum Gasteiger partial charge on any atom is 0.347 e. The van der Waals surface area contributed by atoms with E-state index >= 15 is 0 Å². The number of nitrogens with one attached hydrogen (secondary N) is 3. The van der Waals surface area contributed by atoms with Crippen molar-refractivity contribution >= 4 is 23.4 Å². The minimum Gasteiger partial charge on any atom is -0.624 e. The summed E-state index contributed by atoms with van der Waals surface area (Å²) in [5, 5.41) is 22.4. The SMILES string of the molecule is O=C1CCC([N+]2([O-])Cc3c(NCCC4CCNCC4)cccc3C2=O)C(=O)N1. The second-order valence-corrected chi connectivity index (χ2v) is 7.97. The van der Waals surface area contributed by atoms with E-state index < -0.39 is 28.4 Å². The van der Waals surface area contributed by atoms with Crippen LogP contribution in [0.25, 0.3) is 0 Å². The van der Waals surface area contributed by atoms with Crippen molar-refractivity contribution in [1.29, 1.82) is 0 Å². The van der Waals surface area contributed by atoms with Crippen LogP contribution in [0.15, 0.2) is 18.2 Å². The topological polar surface area (TPSA) is 110 Å². The molecular weight excluding hydrogens is 360 g/mol. The van der Waals surface area contributed by atoms with Crippen LogP contribution in [0, 0.1) is 11.1 Å². The summed E-state index contributed by atoms with van der Waals surface area (Å²) in [6.45, 7) is 2.83. The van der Waals surface area contributed by atoms with E-state index in [4.69, 9.17) is 0 Å². The summed E-state index contributed by atoms with van der Waals surface area (Å²) in [6.07, 6.45) is 3.58. The van der Waals surface area contributed by atoms with Gasteiger partial charge in [-0.25, -0.2) is 4.79 Å². The molecule has 2 unspecified atom stereocenters. The fourth-order valence-electron chi connectivity index (χ4n) is 4.55. The molecule has 0 aromatic heterocycles. The molecule has 2 fully saturated rings. The molecule has 3 aliphatic rings. The van der Waals surface area contributed by atoms with Gasteiger partial charge in [0, 0.05) is 30.6 Å². The summed E-state index contributed by atoms with van der Waals surface area (Å²) >= 11 is 0. The van der Waals surface area contributed by atoms with E-state index in [0.717, 1.165) is 31.7 Å². The first-order valence-corrected chi connectivity index (χ1v) is 10.0. The molecule has 0 radical (unpaired) electrons. The summed E-state index contributed by atoms with van der Waals surface area (Å²) in [7, 11) is 0. The van der Waals surface area contributed by atoms with Gasteiger partial charge in [0.1, 0.15) is 6.54 Å². The number of anilines is 1. The number of carbonyl (C=O) groups excluding carboxylic acids is 3. The fraction of sp³-hybridized carbons (Fsp3) is 0.550. The lowest BCUT2D eigenvalue weighted by Crippen LogP contribution is -2.60. The van der Waals surface area contributed by atoms with Crippen LogP contribution in [-0.4, -0.2) is 48.0 Å². The van der Waals surface area contributed by atoms with Crippen LogP contribution < -0.4 is 16.0 Å². The lowest BCUT2D eigenvalue weighted by atomic mass is 9.94. The molecule has 3 amide bonds. The van der Waals surface area contributed by atoms with Crippen LogP contribution in [0.3, 0.4) is 0 Å². The van der Waals surface area contributed by atoms with Gasteiger partial charge in [-0.3, -0.25) is 19.6 Å². The van der Waals surface area contributed by atoms with Crippen LogP contribution in [0.5, 0.6) is 0 Å². The summed E-state index contributed by atoms with van der Waals surface area (Å²) in [6, 6.07) is 4.23. The molecule has 0 spiro atoms. The van der Waals surface area contributed by atoms with Crippen molar-refractivity contribution in [2.24, 2.45) is 5.92 Å². The highest BCUT2D eigenvalue weighted by molar-refractivity contribution is 6.02. The number of imide groups is 1. The van der Waals surface area contributed by atoms with Crippen LogP contribution >= 0.6 is 0 Å². The Balaban J connectivity index is 1.48. The number of benzene rings is 1. The molecule has 1 aromatic rings. The molecule has 8 nitrogen and oxygen atoms in total. The lowest BCUT2D eigenvalue weighted by Gasteiger charge is -2.42. The summed E-state index contributed by atoms with van der Waals surface area (Å²) in [5.74, 6) is -0.943. The first-order valence-electron chi connectivity index (χ1n) is 10.0. The Bertz CT molecular complexity index is 805. The van der Waals surface area contributed by atoms with Gasteiger partial charge in [-0.15, -0.1) is 0 Å². The van der Waals surface area contributed by atoms with Crippen molar-refractivity contribution in [2.75, 3.05) is 25.0 Å². The number of hydrogen-bond acceptors (Lipinski definition) is 6. The average Bonchev–Trinajstić information content (AvgIpc) is 2.95. The summed E-state index contributed by atoms with van der Waals surface area (Å²) < 4.78 is -1.23. The molecule has 8 heteroatoms. The zero-order valence-corrected chi connectivity index (χ0v) is 15.8. The smallest absolute Gasteiger partial charge is 0.347 e. The third-order valence-electron chi connectivity index (χ3n) is 6.18. The summed E-state index contributed by atoms with van der Waals surface area (Å²) in [4.78, 5) is 36.5. The van der Waals surface area contributed by atoms with E-state index in [9.17, 15) is 19.6 Å². The molecule has 4 rings (SSSR count). The zero-order valence-electron chi connectivity index (χ0n) is 15.8. The third-order valence-corrected chi connectivity index (χ3v) is 6.18. The van der Waals surface area contributed by atoms with Crippen LogP contribution in [-0.2, 0) is 16.1 Å². The van der Waals surface area contributed by atoms with Gasteiger partial charge >= 0.3 is 5.91 Å². The lowest BCUT2D eigenvalue weighted by molar-refractivity contribution is -0.825. The predicted molar refractivity (Wildman–Crippen MR) is 103 cm³/mol. The number of nitrogens with zero attached hydrogens (tertiary/aromatic N) is 1. The quantitative estimate of drug-likeness (QED) is 0.399. The molecule has 2 atom stereocenters. The molecule has 0 saturated carbocycles. The molecule has 3 aliphatic heterocycles. The third kappa shape index (κ3) is 3.43. The molecule has 2 saturated heterocycles. The number of piperidine rings is 2. The van der Waals surface area contributed by atoms with Gasteiger partial charge in [0.25, 0.3) is 5.91 Å². The van der Waals surface area contributed by atoms with Gasteiger partial charge in [0.05, 0.1) is 5.56 Å². The van der Waals surface area contributed by atoms with E-state index in [1.54, 1.807) is 12.1 Å². The number of fused-ring (bicyclic) bond motifs is 1. The molecule has 0 bridgehead atoms. The van der Waals surface area contributed by atoms with Crippen LogP contribution in [0.2, 0.25) is 0 Å². The Hall–Kier alpha value is -2.29. The monoisotopic (exact) mass is 386 g/mol. The number of carbonyl (C=O) groups is 3. The largest absolute Gasteiger partial charge is 0.624 e. The van der Waals surface area contributed by atoms with E-state index in [1.807, 2.05) is 6.07 Å². The number of hydroxylamine groups is 3. The van der Waals surface area contributed by atoms with Crippen molar-refractivity contribution in [3.05, 3.63) is 34.5 Å². The molecular formula is C20H26N4O4. The van der Waals surface area contributed by atoms with Gasteiger partial charge in [-0.2, -0.15) is 0 Å². The molecule has 3 N–H and O–H groups in total. The Labute approximate surface area is 163 Å². The van der Waals surface area contributed by atoms with Crippen molar-refractivity contribution < 1.29 is 19.0 Å². The van der Waals surface area contributed by atoms with E-state index in [0.29, 0.717) is 17.0 Å². The maximum atomic E-state index is 13.4. The fourth-order valence-corrected chi connectivity index (χ4v) is 4.55. The second kappa shape index (κ2) is 7.62. The Morgan fingerprint density at radius 1 is 1.14 bits per heavy atom. The predicted octanol–water partition coefficient (Wildman–Crippen LogP) is 1.26. The number of rotatable bonds is 5. The van der Waals surface area contributed by atoms with Gasteiger partial charge in [0.2, 0.25) is 5.91 Å². The highest BCUT2D eigenvalue weighted by Gasteiger charge is 2.50. The van der Waals surface area contributed by atoms with E-state index in [2.05, 4.69) is 16.0 Å². The van der Waals surface area contributed by atoms with Crippen molar-refractivity contribution in [3.8, 4) is 0 Å². The second-order valence-electron chi connectivity index (χ2n) is 7.97. The standard InChI is InChI=1S/C20H26N4O4/c25-18-5-4-17(19(26)23-18)24(28)12-15-14(20(24)27)2-1-3-16(15)22-11-8-13-6-9-21-10-7-13/h1-3,13,17,21-22H,4-12H2,(H,23,25,26). The van der Waals surface area contributed by atoms with E-state index in [1.165, 1.54) is 12.8 Å². The minimum absolute atomic E-state index is 0.0725.